The smallest absolute Gasteiger partial charge is 0.123 e. The molecular formula is C12H16FN. The molecule has 0 spiro atoms. The molecule has 2 heteroatoms. The number of hydrogen-bond acceptors (Lipinski definition) is 1. The molecule has 1 atom stereocenters. The molecule has 0 aromatic heterocycles. The number of rotatable bonds is 0. The van der Waals surface area contributed by atoms with Crippen molar-refractivity contribution in [3.63, 3.8) is 0 Å². The van der Waals surface area contributed by atoms with E-state index >= 15 is 0 Å². The van der Waals surface area contributed by atoms with Gasteiger partial charge in [0.15, 0.2) is 0 Å². The van der Waals surface area contributed by atoms with E-state index in [0.29, 0.717) is 0 Å². The second-order valence-electron chi connectivity index (χ2n) is 5.06. The standard InChI is InChI=1S/C12H16FN/c1-11(2)7-8-4-5-9(13)6-10(8)12(11,3)14/h4-6H,7,14H2,1-3H3. The maximum atomic E-state index is 13.1. The van der Waals surface area contributed by atoms with Crippen molar-refractivity contribution in [3.8, 4) is 0 Å². The Hall–Kier alpha value is -0.890. The molecule has 2 rings (SSSR count). The van der Waals surface area contributed by atoms with Gasteiger partial charge >= 0.3 is 0 Å². The minimum Gasteiger partial charge on any atom is -0.321 e. The Morgan fingerprint density at radius 1 is 1.29 bits per heavy atom. The number of halogens is 1. The van der Waals surface area contributed by atoms with E-state index in [2.05, 4.69) is 13.8 Å². The first-order valence-electron chi connectivity index (χ1n) is 4.92. The Labute approximate surface area is 84.1 Å². The highest BCUT2D eigenvalue weighted by Gasteiger charge is 2.46. The average molecular weight is 193 g/mol. The first kappa shape index (κ1) is 9.66. The normalized spacial score (nSPS) is 28.9. The third kappa shape index (κ3) is 1.10. The molecule has 0 aliphatic heterocycles. The Kier molecular flexibility index (Phi) is 1.77. The predicted molar refractivity (Wildman–Crippen MR) is 55.4 cm³/mol. The van der Waals surface area contributed by atoms with Gasteiger partial charge in [0.2, 0.25) is 0 Å². The molecule has 14 heavy (non-hydrogen) atoms. The van der Waals surface area contributed by atoms with E-state index in [1.807, 2.05) is 13.0 Å². The summed E-state index contributed by atoms with van der Waals surface area (Å²) in [6.45, 7) is 6.24. The molecule has 0 saturated heterocycles. The second kappa shape index (κ2) is 2.57. The fourth-order valence-electron chi connectivity index (χ4n) is 2.21. The maximum Gasteiger partial charge on any atom is 0.123 e. The summed E-state index contributed by atoms with van der Waals surface area (Å²) in [5, 5.41) is 0. The van der Waals surface area contributed by atoms with Crippen LogP contribution in [0, 0.1) is 11.2 Å². The molecule has 1 unspecified atom stereocenters. The predicted octanol–water partition coefficient (Wildman–Crippen LogP) is 2.58. The third-order valence-electron chi connectivity index (χ3n) is 3.67. The van der Waals surface area contributed by atoms with Crippen molar-refractivity contribution < 1.29 is 4.39 Å². The minimum absolute atomic E-state index is 0.00310. The zero-order chi connectivity index (χ0) is 10.6. The van der Waals surface area contributed by atoms with E-state index in [1.165, 1.54) is 11.6 Å². The molecule has 1 aromatic rings. The summed E-state index contributed by atoms with van der Waals surface area (Å²) in [5.41, 5.74) is 7.99. The van der Waals surface area contributed by atoms with E-state index in [-0.39, 0.29) is 11.2 Å². The molecule has 0 heterocycles. The quantitative estimate of drug-likeness (QED) is 0.673. The molecule has 1 nitrogen and oxygen atoms in total. The van der Waals surface area contributed by atoms with Crippen LogP contribution in [0.4, 0.5) is 4.39 Å². The minimum atomic E-state index is -0.426. The number of hydrogen-bond donors (Lipinski definition) is 1. The van der Waals surface area contributed by atoms with Crippen LogP contribution in [0.3, 0.4) is 0 Å². The number of benzene rings is 1. The molecule has 0 bridgehead atoms. The van der Waals surface area contributed by atoms with Gasteiger partial charge in [0.25, 0.3) is 0 Å². The van der Waals surface area contributed by atoms with Crippen LogP contribution in [0.5, 0.6) is 0 Å². The third-order valence-corrected chi connectivity index (χ3v) is 3.67. The molecule has 1 aromatic carbocycles. The molecule has 0 fully saturated rings. The van der Waals surface area contributed by atoms with Crippen molar-refractivity contribution in [1.82, 2.24) is 0 Å². The summed E-state index contributed by atoms with van der Waals surface area (Å²) >= 11 is 0. The van der Waals surface area contributed by atoms with Gasteiger partial charge in [0.1, 0.15) is 5.82 Å². The zero-order valence-electron chi connectivity index (χ0n) is 8.89. The number of nitrogens with two attached hydrogens (primary N) is 1. The SMILES string of the molecule is CC1(C)Cc2ccc(F)cc2C1(C)N. The van der Waals surface area contributed by atoms with Gasteiger partial charge in [-0.1, -0.05) is 19.9 Å². The van der Waals surface area contributed by atoms with Crippen molar-refractivity contribution in [3.05, 3.63) is 35.1 Å². The van der Waals surface area contributed by atoms with E-state index in [0.717, 1.165) is 12.0 Å². The first-order valence-corrected chi connectivity index (χ1v) is 4.92. The lowest BCUT2D eigenvalue weighted by molar-refractivity contribution is 0.211. The van der Waals surface area contributed by atoms with Crippen LogP contribution in [0.2, 0.25) is 0 Å². The molecular weight excluding hydrogens is 177 g/mol. The molecule has 1 aliphatic rings. The summed E-state index contributed by atoms with van der Waals surface area (Å²) in [4.78, 5) is 0. The molecule has 76 valence electrons. The summed E-state index contributed by atoms with van der Waals surface area (Å²) < 4.78 is 13.1. The van der Waals surface area contributed by atoms with Gasteiger partial charge in [0, 0.05) is 5.54 Å². The Bertz CT molecular complexity index is 380. The van der Waals surface area contributed by atoms with Crippen molar-refractivity contribution in [2.45, 2.75) is 32.7 Å². The lowest BCUT2D eigenvalue weighted by Crippen LogP contribution is -2.43. The summed E-state index contributed by atoms with van der Waals surface area (Å²) in [5.74, 6) is -0.196. The Balaban J connectivity index is 2.62. The first-order chi connectivity index (χ1) is 6.34. The highest BCUT2D eigenvalue weighted by Crippen LogP contribution is 2.47. The van der Waals surface area contributed by atoms with Gasteiger partial charge in [-0.25, -0.2) is 4.39 Å². The van der Waals surface area contributed by atoms with E-state index in [1.54, 1.807) is 6.07 Å². The van der Waals surface area contributed by atoms with Crippen molar-refractivity contribution in [1.29, 1.82) is 0 Å². The highest BCUT2D eigenvalue weighted by molar-refractivity contribution is 5.41. The van der Waals surface area contributed by atoms with Gasteiger partial charge in [0.05, 0.1) is 0 Å². The highest BCUT2D eigenvalue weighted by atomic mass is 19.1. The van der Waals surface area contributed by atoms with Crippen LogP contribution in [-0.2, 0) is 12.0 Å². The fourth-order valence-corrected chi connectivity index (χ4v) is 2.21. The fraction of sp³-hybridized carbons (Fsp3) is 0.500. The Morgan fingerprint density at radius 2 is 1.93 bits per heavy atom. The van der Waals surface area contributed by atoms with E-state index in [4.69, 9.17) is 5.73 Å². The van der Waals surface area contributed by atoms with Crippen LogP contribution >= 0.6 is 0 Å². The van der Waals surface area contributed by atoms with Crippen LogP contribution in [-0.4, -0.2) is 0 Å². The van der Waals surface area contributed by atoms with Crippen molar-refractivity contribution >= 4 is 0 Å². The monoisotopic (exact) mass is 193 g/mol. The van der Waals surface area contributed by atoms with Crippen LogP contribution in [0.1, 0.15) is 31.9 Å². The van der Waals surface area contributed by atoms with Gasteiger partial charge < -0.3 is 5.73 Å². The van der Waals surface area contributed by atoms with Crippen LogP contribution in [0.15, 0.2) is 18.2 Å². The Morgan fingerprint density at radius 3 is 2.57 bits per heavy atom. The molecule has 0 amide bonds. The van der Waals surface area contributed by atoms with Gasteiger partial charge in [-0.2, -0.15) is 0 Å². The lowest BCUT2D eigenvalue weighted by atomic mass is 9.75. The summed E-state index contributed by atoms with van der Waals surface area (Å²) in [6.07, 6.45) is 0.926. The summed E-state index contributed by atoms with van der Waals surface area (Å²) in [7, 11) is 0. The van der Waals surface area contributed by atoms with Gasteiger partial charge in [-0.05, 0) is 42.0 Å². The van der Waals surface area contributed by atoms with Crippen molar-refractivity contribution in [2.24, 2.45) is 11.1 Å². The maximum absolute atomic E-state index is 13.1. The van der Waals surface area contributed by atoms with Crippen molar-refractivity contribution in [2.75, 3.05) is 0 Å². The van der Waals surface area contributed by atoms with E-state index in [9.17, 15) is 4.39 Å². The van der Waals surface area contributed by atoms with Gasteiger partial charge in [-0.15, -0.1) is 0 Å². The summed E-state index contributed by atoms with van der Waals surface area (Å²) in [6, 6.07) is 4.94. The zero-order valence-corrected chi connectivity index (χ0v) is 8.89. The molecule has 0 radical (unpaired) electrons. The number of fused-ring (bicyclic) bond motifs is 1. The second-order valence-corrected chi connectivity index (χ2v) is 5.06. The lowest BCUT2D eigenvalue weighted by Gasteiger charge is -2.35. The largest absolute Gasteiger partial charge is 0.321 e. The van der Waals surface area contributed by atoms with Gasteiger partial charge in [-0.3, -0.25) is 0 Å². The van der Waals surface area contributed by atoms with Crippen LogP contribution < -0.4 is 5.73 Å². The molecule has 1 aliphatic carbocycles. The topological polar surface area (TPSA) is 26.0 Å². The van der Waals surface area contributed by atoms with Crippen LogP contribution in [0.25, 0.3) is 0 Å². The van der Waals surface area contributed by atoms with E-state index < -0.39 is 5.54 Å². The molecule has 0 saturated carbocycles. The molecule has 2 N–H and O–H groups in total. The average Bonchev–Trinajstić information content (AvgIpc) is 2.22.